The third-order valence-corrected chi connectivity index (χ3v) is 7.30. The second kappa shape index (κ2) is 9.60. The number of nitrogens with one attached hydrogen (secondary N) is 2. The summed E-state index contributed by atoms with van der Waals surface area (Å²) in [5, 5.41) is 10.5. The van der Waals surface area contributed by atoms with Crippen molar-refractivity contribution in [1.29, 1.82) is 0 Å². The molecule has 1 atom stereocenters. The van der Waals surface area contributed by atoms with E-state index in [-0.39, 0.29) is 36.0 Å². The van der Waals surface area contributed by atoms with Crippen molar-refractivity contribution in [2.24, 2.45) is 0 Å². The lowest BCUT2D eigenvalue weighted by molar-refractivity contribution is -0.133. The predicted molar refractivity (Wildman–Crippen MR) is 131 cm³/mol. The minimum Gasteiger partial charge on any atom is -0.351 e. The molecule has 34 heavy (non-hydrogen) atoms. The van der Waals surface area contributed by atoms with Crippen LogP contribution < -0.4 is 10.6 Å². The molecular weight excluding hydrogens is 430 g/mol. The third kappa shape index (κ3) is 4.45. The number of aryl methyl sites for hydroxylation is 1. The van der Waals surface area contributed by atoms with Gasteiger partial charge in [0.15, 0.2) is 5.69 Å². The summed E-state index contributed by atoms with van der Waals surface area (Å²) in [6.45, 7) is 8.51. The summed E-state index contributed by atoms with van der Waals surface area (Å²) in [5.41, 5.74) is 2.22. The molecule has 8 nitrogen and oxygen atoms in total. The molecule has 8 heteroatoms. The molecule has 0 bridgehead atoms. The Morgan fingerprint density at radius 3 is 2.65 bits per heavy atom. The van der Waals surface area contributed by atoms with Crippen LogP contribution in [0.3, 0.4) is 0 Å². The van der Waals surface area contributed by atoms with Gasteiger partial charge in [-0.3, -0.25) is 19.1 Å². The number of carbonyl (C=O) groups is 3. The van der Waals surface area contributed by atoms with Crippen LogP contribution in [-0.4, -0.2) is 50.5 Å². The van der Waals surface area contributed by atoms with Gasteiger partial charge in [-0.25, -0.2) is 0 Å². The number of unbranched alkanes of at least 4 members (excludes halogenated alkanes) is 1. The average Bonchev–Trinajstić information content (AvgIpc) is 3.46. The summed E-state index contributed by atoms with van der Waals surface area (Å²) in [4.78, 5) is 41.6. The quantitative estimate of drug-likeness (QED) is 0.650. The zero-order valence-electron chi connectivity index (χ0n) is 20.6. The van der Waals surface area contributed by atoms with Gasteiger partial charge in [-0.15, -0.1) is 0 Å². The van der Waals surface area contributed by atoms with Gasteiger partial charge in [0.05, 0.1) is 6.54 Å². The number of carbonyl (C=O) groups excluding carboxylic acids is 3. The van der Waals surface area contributed by atoms with E-state index in [0.717, 1.165) is 49.7 Å². The maximum atomic E-state index is 13.5. The number of amides is 3. The number of rotatable bonds is 7. The van der Waals surface area contributed by atoms with Gasteiger partial charge in [-0.2, -0.15) is 5.10 Å². The van der Waals surface area contributed by atoms with Crippen molar-refractivity contribution in [3.63, 3.8) is 0 Å². The van der Waals surface area contributed by atoms with Crippen LogP contribution in [0.4, 0.5) is 5.69 Å². The monoisotopic (exact) mass is 465 g/mol. The Balaban J connectivity index is 1.61. The molecule has 1 aliphatic heterocycles. The van der Waals surface area contributed by atoms with E-state index in [4.69, 9.17) is 0 Å². The summed E-state index contributed by atoms with van der Waals surface area (Å²) in [5.74, 6) is -0.783. The first kappa shape index (κ1) is 24.0. The molecule has 1 aliphatic carbocycles. The molecule has 3 amide bonds. The summed E-state index contributed by atoms with van der Waals surface area (Å²) < 4.78 is 1.52. The molecule has 0 radical (unpaired) electrons. The van der Waals surface area contributed by atoms with E-state index >= 15 is 0 Å². The molecule has 1 fully saturated rings. The zero-order chi connectivity index (χ0) is 24.5. The largest absolute Gasteiger partial charge is 0.351 e. The molecule has 0 spiro atoms. The summed E-state index contributed by atoms with van der Waals surface area (Å²) >= 11 is 0. The van der Waals surface area contributed by atoms with Gasteiger partial charge in [0.2, 0.25) is 5.91 Å². The van der Waals surface area contributed by atoms with E-state index < -0.39 is 5.54 Å². The Labute approximate surface area is 201 Å². The molecule has 1 aromatic heterocycles. The standard InChI is InChI=1S/C26H35N5O3/c1-5-6-14-30-24(33)22-15-21(23(32)28-20-13-9-10-17(2)18(20)3)29-31(22)16-26(30,4)25(34)27-19-11-7-8-12-19/h9-10,13,15,19H,5-8,11-12,14,16H2,1-4H3,(H,27,34)(H,28,32). The maximum Gasteiger partial charge on any atom is 0.276 e. The normalized spacial score (nSPS) is 20.4. The molecule has 2 N–H and O–H groups in total. The van der Waals surface area contributed by atoms with Gasteiger partial charge in [0.1, 0.15) is 11.2 Å². The smallest absolute Gasteiger partial charge is 0.276 e. The number of benzene rings is 1. The number of hydrogen-bond donors (Lipinski definition) is 2. The van der Waals surface area contributed by atoms with Crippen LogP contribution in [0.2, 0.25) is 0 Å². The van der Waals surface area contributed by atoms with Gasteiger partial charge >= 0.3 is 0 Å². The molecule has 1 saturated carbocycles. The van der Waals surface area contributed by atoms with Crippen LogP contribution >= 0.6 is 0 Å². The van der Waals surface area contributed by atoms with E-state index in [1.807, 2.05) is 39.0 Å². The highest BCUT2D eigenvalue weighted by molar-refractivity contribution is 6.06. The van der Waals surface area contributed by atoms with E-state index in [0.29, 0.717) is 17.9 Å². The third-order valence-electron chi connectivity index (χ3n) is 7.30. The number of anilines is 1. The Morgan fingerprint density at radius 1 is 1.21 bits per heavy atom. The molecule has 2 aliphatic rings. The summed E-state index contributed by atoms with van der Waals surface area (Å²) in [7, 11) is 0. The van der Waals surface area contributed by atoms with Gasteiger partial charge in [-0.05, 0) is 57.2 Å². The predicted octanol–water partition coefficient (Wildman–Crippen LogP) is 3.83. The highest BCUT2D eigenvalue weighted by Gasteiger charge is 2.48. The molecule has 2 heterocycles. The lowest BCUT2D eigenvalue weighted by Crippen LogP contribution is -2.65. The second-order valence-electron chi connectivity index (χ2n) is 9.81. The molecule has 182 valence electrons. The van der Waals surface area contributed by atoms with Crippen LogP contribution in [0.15, 0.2) is 24.3 Å². The molecular formula is C26H35N5O3. The van der Waals surface area contributed by atoms with Crippen LogP contribution in [0, 0.1) is 13.8 Å². The molecule has 2 aromatic rings. The second-order valence-corrected chi connectivity index (χ2v) is 9.81. The van der Waals surface area contributed by atoms with Gasteiger partial charge in [0, 0.05) is 24.3 Å². The van der Waals surface area contributed by atoms with Crippen molar-refractivity contribution < 1.29 is 14.4 Å². The lowest BCUT2D eigenvalue weighted by Gasteiger charge is -2.43. The fourth-order valence-electron chi connectivity index (χ4n) is 4.90. The Bertz CT molecular complexity index is 1100. The van der Waals surface area contributed by atoms with E-state index in [2.05, 4.69) is 22.7 Å². The Morgan fingerprint density at radius 2 is 1.94 bits per heavy atom. The molecule has 1 aromatic carbocycles. The first-order valence-corrected chi connectivity index (χ1v) is 12.3. The minimum absolute atomic E-state index is 0.147. The lowest BCUT2D eigenvalue weighted by atomic mass is 9.94. The Hall–Kier alpha value is -3.16. The van der Waals surface area contributed by atoms with Crippen LogP contribution in [0.25, 0.3) is 0 Å². The van der Waals surface area contributed by atoms with E-state index in [9.17, 15) is 14.4 Å². The van der Waals surface area contributed by atoms with Crippen molar-refractivity contribution in [1.82, 2.24) is 20.0 Å². The van der Waals surface area contributed by atoms with Crippen molar-refractivity contribution in [2.75, 3.05) is 11.9 Å². The van der Waals surface area contributed by atoms with E-state index in [1.165, 1.54) is 10.7 Å². The first-order chi connectivity index (χ1) is 16.2. The topological polar surface area (TPSA) is 96.3 Å². The summed E-state index contributed by atoms with van der Waals surface area (Å²) in [6, 6.07) is 7.42. The van der Waals surface area contributed by atoms with Crippen molar-refractivity contribution >= 4 is 23.4 Å². The van der Waals surface area contributed by atoms with Gasteiger partial charge in [-0.1, -0.05) is 38.3 Å². The fourth-order valence-corrected chi connectivity index (χ4v) is 4.90. The summed E-state index contributed by atoms with van der Waals surface area (Å²) in [6.07, 6.45) is 5.88. The van der Waals surface area contributed by atoms with Gasteiger partial charge < -0.3 is 15.5 Å². The zero-order valence-corrected chi connectivity index (χ0v) is 20.6. The van der Waals surface area contributed by atoms with Crippen LogP contribution in [-0.2, 0) is 11.3 Å². The van der Waals surface area contributed by atoms with Crippen LogP contribution in [0.1, 0.15) is 84.5 Å². The molecule has 0 saturated heterocycles. The maximum absolute atomic E-state index is 13.5. The van der Waals surface area contributed by atoms with E-state index in [1.54, 1.807) is 4.90 Å². The van der Waals surface area contributed by atoms with Crippen molar-refractivity contribution in [3.8, 4) is 0 Å². The Kier molecular flexibility index (Phi) is 6.77. The average molecular weight is 466 g/mol. The molecule has 1 unspecified atom stereocenters. The van der Waals surface area contributed by atoms with Gasteiger partial charge in [0.25, 0.3) is 11.8 Å². The van der Waals surface area contributed by atoms with Crippen molar-refractivity contribution in [3.05, 3.63) is 46.8 Å². The minimum atomic E-state index is -1.06. The number of hydrogen-bond acceptors (Lipinski definition) is 4. The SMILES string of the molecule is CCCCN1C(=O)c2cc(C(=O)Nc3cccc(C)c3C)nn2CC1(C)C(=O)NC1CCCC1. The highest BCUT2D eigenvalue weighted by Crippen LogP contribution is 2.29. The number of nitrogens with zero attached hydrogens (tertiary/aromatic N) is 3. The molecule has 4 rings (SSSR count). The first-order valence-electron chi connectivity index (χ1n) is 12.3. The van der Waals surface area contributed by atoms with Crippen LogP contribution in [0.5, 0.6) is 0 Å². The fraction of sp³-hybridized carbons (Fsp3) is 0.538. The highest BCUT2D eigenvalue weighted by atomic mass is 16.2. The number of aromatic nitrogens is 2. The number of fused-ring (bicyclic) bond motifs is 1. The van der Waals surface area contributed by atoms with Crippen molar-refractivity contribution in [2.45, 2.75) is 84.3 Å².